The fourth-order valence-corrected chi connectivity index (χ4v) is 1.78. The Morgan fingerprint density at radius 3 is 3.00 bits per heavy atom. The zero-order valence-corrected chi connectivity index (χ0v) is 11.7. The van der Waals surface area contributed by atoms with E-state index in [0.29, 0.717) is 29.4 Å². The highest BCUT2D eigenvalue weighted by Crippen LogP contribution is 2.28. The molecule has 0 atom stereocenters. The van der Waals surface area contributed by atoms with E-state index < -0.39 is 0 Å². The van der Waals surface area contributed by atoms with Gasteiger partial charge in [0.2, 0.25) is 17.7 Å². The van der Waals surface area contributed by atoms with E-state index >= 15 is 0 Å². The average molecular weight is 315 g/mol. The van der Waals surface area contributed by atoms with Gasteiger partial charge in [-0.3, -0.25) is 4.79 Å². The summed E-state index contributed by atoms with van der Waals surface area (Å²) in [7, 11) is 1.55. The largest absolute Gasteiger partial charge is 0.480 e. The maximum atomic E-state index is 11.4. The highest BCUT2D eigenvalue weighted by atomic mass is 79.9. The van der Waals surface area contributed by atoms with Crippen molar-refractivity contribution >= 4 is 27.8 Å². The predicted molar refractivity (Wildman–Crippen MR) is 70.5 cm³/mol. The van der Waals surface area contributed by atoms with Crippen LogP contribution in [0.2, 0.25) is 0 Å². The predicted octanol–water partition coefficient (Wildman–Crippen LogP) is 1.19. The van der Waals surface area contributed by atoms with Gasteiger partial charge in [0.05, 0.1) is 17.8 Å². The number of anilines is 1. The molecule has 1 aliphatic carbocycles. The second-order valence-electron chi connectivity index (χ2n) is 4.04. The third-order valence-electron chi connectivity index (χ3n) is 2.56. The van der Waals surface area contributed by atoms with Gasteiger partial charge in [-0.1, -0.05) is 0 Å². The Bertz CT molecular complexity index is 437. The van der Waals surface area contributed by atoms with E-state index in [2.05, 4.69) is 36.5 Å². The molecule has 1 amide bonds. The molecule has 1 saturated carbocycles. The normalized spacial score (nSPS) is 14.1. The molecule has 0 aromatic carbocycles. The number of ether oxygens (including phenoxy) is 1. The third-order valence-corrected chi connectivity index (χ3v) is 3.10. The van der Waals surface area contributed by atoms with Crippen LogP contribution in [-0.4, -0.2) is 36.1 Å². The van der Waals surface area contributed by atoms with Crippen molar-refractivity contribution in [3.63, 3.8) is 0 Å². The first-order chi connectivity index (χ1) is 8.70. The number of carbonyl (C=O) groups is 1. The van der Waals surface area contributed by atoms with Crippen LogP contribution >= 0.6 is 15.9 Å². The Hall–Kier alpha value is -1.37. The number of amides is 1. The van der Waals surface area contributed by atoms with E-state index in [1.54, 1.807) is 13.3 Å². The van der Waals surface area contributed by atoms with E-state index in [1.807, 2.05) is 0 Å². The molecule has 7 heteroatoms. The molecule has 98 valence electrons. The van der Waals surface area contributed by atoms with E-state index in [-0.39, 0.29) is 11.8 Å². The minimum absolute atomic E-state index is 0.145. The van der Waals surface area contributed by atoms with Crippen LogP contribution in [0.1, 0.15) is 12.8 Å². The van der Waals surface area contributed by atoms with Gasteiger partial charge in [0.25, 0.3) is 0 Å². The minimum Gasteiger partial charge on any atom is -0.480 e. The second kappa shape index (κ2) is 5.99. The average Bonchev–Trinajstić information content (AvgIpc) is 3.20. The first-order valence-electron chi connectivity index (χ1n) is 5.79. The lowest BCUT2D eigenvalue weighted by molar-refractivity contribution is -0.122. The molecule has 0 aliphatic heterocycles. The summed E-state index contributed by atoms with van der Waals surface area (Å²) in [6.07, 6.45) is 3.66. The van der Waals surface area contributed by atoms with Gasteiger partial charge in [-0.15, -0.1) is 0 Å². The van der Waals surface area contributed by atoms with Crippen LogP contribution in [0.3, 0.4) is 0 Å². The summed E-state index contributed by atoms with van der Waals surface area (Å²) in [5.74, 6) is 1.35. The SMILES string of the molecule is COc1nc(NCCNC(=O)C2CC2)ncc1Br. The summed E-state index contributed by atoms with van der Waals surface area (Å²) < 4.78 is 5.77. The van der Waals surface area contributed by atoms with Crippen molar-refractivity contribution in [2.45, 2.75) is 12.8 Å². The minimum atomic E-state index is 0.145. The maximum absolute atomic E-state index is 11.4. The van der Waals surface area contributed by atoms with Crippen LogP contribution < -0.4 is 15.4 Å². The zero-order chi connectivity index (χ0) is 13.0. The molecule has 0 radical (unpaired) electrons. The Kier molecular flexibility index (Phi) is 4.35. The monoisotopic (exact) mass is 314 g/mol. The number of carbonyl (C=O) groups excluding carboxylic acids is 1. The lowest BCUT2D eigenvalue weighted by atomic mass is 10.4. The molecule has 0 spiro atoms. The number of halogens is 1. The quantitative estimate of drug-likeness (QED) is 0.771. The van der Waals surface area contributed by atoms with E-state index in [1.165, 1.54) is 0 Å². The van der Waals surface area contributed by atoms with Gasteiger partial charge in [0, 0.05) is 19.0 Å². The van der Waals surface area contributed by atoms with Gasteiger partial charge >= 0.3 is 0 Å². The van der Waals surface area contributed by atoms with Gasteiger partial charge in [0.15, 0.2) is 0 Å². The van der Waals surface area contributed by atoms with E-state index in [9.17, 15) is 4.79 Å². The summed E-state index contributed by atoms with van der Waals surface area (Å²) in [5.41, 5.74) is 0. The van der Waals surface area contributed by atoms with Crippen molar-refractivity contribution in [3.05, 3.63) is 10.7 Å². The summed E-state index contributed by atoms with van der Waals surface area (Å²) in [6, 6.07) is 0. The van der Waals surface area contributed by atoms with Crippen molar-refractivity contribution in [2.75, 3.05) is 25.5 Å². The fourth-order valence-electron chi connectivity index (χ4n) is 1.43. The third kappa shape index (κ3) is 3.56. The molecule has 1 heterocycles. The van der Waals surface area contributed by atoms with Crippen molar-refractivity contribution in [1.82, 2.24) is 15.3 Å². The first kappa shape index (κ1) is 13.1. The smallest absolute Gasteiger partial charge is 0.232 e. The Morgan fingerprint density at radius 2 is 2.33 bits per heavy atom. The number of nitrogens with zero attached hydrogens (tertiary/aromatic N) is 2. The van der Waals surface area contributed by atoms with Gasteiger partial charge < -0.3 is 15.4 Å². The molecule has 1 aliphatic rings. The maximum Gasteiger partial charge on any atom is 0.232 e. The van der Waals surface area contributed by atoms with Crippen LogP contribution in [0.15, 0.2) is 10.7 Å². The lowest BCUT2D eigenvalue weighted by Crippen LogP contribution is -2.30. The number of methoxy groups -OCH3 is 1. The highest BCUT2D eigenvalue weighted by molar-refractivity contribution is 9.10. The summed E-state index contributed by atoms with van der Waals surface area (Å²) in [5, 5.41) is 5.88. The molecule has 2 N–H and O–H groups in total. The molecule has 0 saturated heterocycles. The lowest BCUT2D eigenvalue weighted by Gasteiger charge is -2.08. The van der Waals surface area contributed by atoms with E-state index in [0.717, 1.165) is 12.8 Å². The highest BCUT2D eigenvalue weighted by Gasteiger charge is 2.28. The van der Waals surface area contributed by atoms with E-state index in [4.69, 9.17) is 4.74 Å². The van der Waals surface area contributed by atoms with Gasteiger partial charge in [-0.2, -0.15) is 4.98 Å². The van der Waals surface area contributed by atoms with Crippen LogP contribution in [0, 0.1) is 5.92 Å². The van der Waals surface area contributed by atoms with Crippen molar-refractivity contribution in [3.8, 4) is 5.88 Å². The Morgan fingerprint density at radius 1 is 1.56 bits per heavy atom. The molecule has 1 fully saturated rings. The summed E-state index contributed by atoms with van der Waals surface area (Å²) >= 11 is 3.28. The molecule has 0 unspecified atom stereocenters. The molecule has 1 aromatic rings. The molecule has 2 rings (SSSR count). The number of nitrogens with one attached hydrogen (secondary N) is 2. The second-order valence-corrected chi connectivity index (χ2v) is 4.90. The van der Waals surface area contributed by atoms with Crippen LogP contribution in [0.5, 0.6) is 5.88 Å². The fraction of sp³-hybridized carbons (Fsp3) is 0.545. The standard InChI is InChI=1S/C11H15BrN4O2/c1-18-10-8(12)6-15-11(16-10)14-5-4-13-9(17)7-2-3-7/h6-7H,2-5H2,1H3,(H,13,17)(H,14,15,16). The molecule has 6 nitrogen and oxygen atoms in total. The zero-order valence-electron chi connectivity index (χ0n) is 10.1. The molecule has 18 heavy (non-hydrogen) atoms. The topological polar surface area (TPSA) is 76.1 Å². The molecule has 1 aromatic heterocycles. The molecule has 0 bridgehead atoms. The Balaban J connectivity index is 1.74. The van der Waals surface area contributed by atoms with Crippen molar-refractivity contribution < 1.29 is 9.53 Å². The molecular formula is C11H15BrN4O2. The van der Waals surface area contributed by atoms with Crippen molar-refractivity contribution in [2.24, 2.45) is 5.92 Å². The van der Waals surface area contributed by atoms with Gasteiger partial charge in [0.1, 0.15) is 0 Å². The number of hydrogen-bond acceptors (Lipinski definition) is 5. The summed E-state index contributed by atoms with van der Waals surface area (Å²) in [6.45, 7) is 1.15. The molecular weight excluding hydrogens is 300 g/mol. The van der Waals surface area contributed by atoms with Crippen molar-refractivity contribution in [1.29, 1.82) is 0 Å². The van der Waals surface area contributed by atoms with Crippen LogP contribution in [0.25, 0.3) is 0 Å². The van der Waals surface area contributed by atoms with Crippen LogP contribution in [0.4, 0.5) is 5.95 Å². The number of hydrogen-bond donors (Lipinski definition) is 2. The summed E-state index contributed by atoms with van der Waals surface area (Å²) in [4.78, 5) is 19.6. The number of aromatic nitrogens is 2. The van der Waals surface area contributed by atoms with Crippen LogP contribution in [-0.2, 0) is 4.79 Å². The van der Waals surface area contributed by atoms with Gasteiger partial charge in [-0.05, 0) is 28.8 Å². The van der Waals surface area contributed by atoms with Gasteiger partial charge in [-0.25, -0.2) is 4.98 Å². The first-order valence-corrected chi connectivity index (χ1v) is 6.58. The number of rotatable bonds is 6. The Labute approximate surface area is 114 Å².